The molecule has 0 aliphatic carbocycles. The van der Waals surface area contributed by atoms with Crippen molar-refractivity contribution >= 4 is 17.7 Å². The van der Waals surface area contributed by atoms with Crippen molar-refractivity contribution in [1.29, 1.82) is 0 Å². The Balaban J connectivity index is 1.74. The van der Waals surface area contributed by atoms with Crippen LogP contribution in [0.2, 0.25) is 0 Å². The van der Waals surface area contributed by atoms with Crippen LogP contribution in [-0.4, -0.2) is 48.1 Å². The van der Waals surface area contributed by atoms with Gasteiger partial charge in [-0.1, -0.05) is 42.0 Å². The summed E-state index contributed by atoms with van der Waals surface area (Å²) in [4.78, 5) is 18.9. The van der Waals surface area contributed by atoms with Crippen LogP contribution in [0.15, 0.2) is 53.4 Å². The highest BCUT2D eigenvalue weighted by Crippen LogP contribution is 2.21. The maximum absolute atomic E-state index is 13.2. The Kier molecular flexibility index (Phi) is 6.97. The molecule has 1 saturated heterocycles. The van der Waals surface area contributed by atoms with Crippen LogP contribution in [0, 0.1) is 6.92 Å². The van der Waals surface area contributed by atoms with Gasteiger partial charge < -0.3 is 9.80 Å². The van der Waals surface area contributed by atoms with E-state index in [1.54, 1.807) is 11.8 Å². The molecule has 0 aromatic heterocycles. The molecule has 1 aliphatic heterocycles. The Morgan fingerprint density at radius 2 is 1.63 bits per heavy atom. The number of piperidine rings is 1. The van der Waals surface area contributed by atoms with Gasteiger partial charge in [0.2, 0.25) is 5.91 Å². The lowest BCUT2D eigenvalue weighted by molar-refractivity contribution is -0.134. The summed E-state index contributed by atoms with van der Waals surface area (Å²) in [6.07, 6.45) is 4.66. The molecule has 3 nitrogen and oxygen atoms in total. The molecule has 0 radical (unpaired) electrons. The molecule has 0 N–H and O–H groups in total. The van der Waals surface area contributed by atoms with Gasteiger partial charge in [0, 0.05) is 17.5 Å². The minimum absolute atomic E-state index is 0.238. The van der Waals surface area contributed by atoms with Gasteiger partial charge in [-0.3, -0.25) is 4.79 Å². The number of aryl methyl sites for hydroxylation is 1. The fraction of sp³-hybridized carbons (Fsp3) is 0.435. The Morgan fingerprint density at radius 1 is 1.04 bits per heavy atom. The minimum Gasteiger partial charge on any atom is -0.335 e. The summed E-state index contributed by atoms with van der Waals surface area (Å²) in [5.41, 5.74) is 3.56. The zero-order valence-electron chi connectivity index (χ0n) is 16.6. The van der Waals surface area contributed by atoms with Crippen molar-refractivity contribution in [2.45, 2.75) is 43.7 Å². The van der Waals surface area contributed by atoms with Crippen molar-refractivity contribution in [1.82, 2.24) is 9.80 Å². The number of hydrogen-bond donors (Lipinski definition) is 0. The smallest absolute Gasteiger partial charge is 0.227 e. The number of benzene rings is 2. The molecule has 0 atom stereocenters. The molecule has 1 aliphatic rings. The maximum atomic E-state index is 13.2. The van der Waals surface area contributed by atoms with E-state index >= 15 is 0 Å². The van der Waals surface area contributed by atoms with E-state index in [4.69, 9.17) is 0 Å². The van der Waals surface area contributed by atoms with Crippen molar-refractivity contribution in [3.05, 3.63) is 65.2 Å². The molecule has 0 spiro atoms. The van der Waals surface area contributed by atoms with E-state index in [0.29, 0.717) is 19.0 Å². The standard InChI is InChI=1S/C23H30N2OS/c1-18-4-6-20(7-5-18)17-25(21-12-14-24(2)15-13-21)23(26)16-19-8-10-22(27-3)11-9-19/h4-11,21H,12-17H2,1-3H3. The van der Waals surface area contributed by atoms with Crippen LogP contribution in [0.5, 0.6) is 0 Å². The first-order valence-corrected chi connectivity index (χ1v) is 10.9. The van der Waals surface area contributed by atoms with Crippen molar-refractivity contribution < 1.29 is 4.79 Å². The molecule has 4 heteroatoms. The topological polar surface area (TPSA) is 23.6 Å². The van der Waals surface area contributed by atoms with Crippen LogP contribution in [0.4, 0.5) is 0 Å². The highest BCUT2D eigenvalue weighted by molar-refractivity contribution is 7.98. The van der Waals surface area contributed by atoms with Crippen molar-refractivity contribution in [3.63, 3.8) is 0 Å². The van der Waals surface area contributed by atoms with E-state index in [1.165, 1.54) is 16.0 Å². The molecule has 3 rings (SSSR count). The van der Waals surface area contributed by atoms with Gasteiger partial charge in [0.15, 0.2) is 0 Å². The molecule has 1 amide bonds. The molecule has 2 aromatic carbocycles. The number of likely N-dealkylation sites (tertiary alicyclic amines) is 1. The third-order valence-corrected chi connectivity index (χ3v) is 6.18. The van der Waals surface area contributed by atoms with Gasteiger partial charge in [-0.2, -0.15) is 0 Å². The van der Waals surface area contributed by atoms with Crippen LogP contribution in [0.25, 0.3) is 0 Å². The largest absolute Gasteiger partial charge is 0.335 e. The second-order valence-electron chi connectivity index (χ2n) is 7.57. The molecule has 27 heavy (non-hydrogen) atoms. The molecule has 0 unspecified atom stereocenters. The Morgan fingerprint density at radius 3 is 2.22 bits per heavy atom. The number of rotatable bonds is 6. The molecular weight excluding hydrogens is 352 g/mol. The number of thioether (sulfide) groups is 1. The number of amides is 1. The highest BCUT2D eigenvalue weighted by atomic mass is 32.2. The number of hydrogen-bond acceptors (Lipinski definition) is 3. The highest BCUT2D eigenvalue weighted by Gasteiger charge is 2.27. The average Bonchev–Trinajstić information content (AvgIpc) is 2.69. The zero-order valence-corrected chi connectivity index (χ0v) is 17.5. The first kappa shape index (κ1) is 20.0. The fourth-order valence-electron chi connectivity index (χ4n) is 3.64. The summed E-state index contributed by atoms with van der Waals surface area (Å²) in [7, 11) is 2.16. The number of carbonyl (C=O) groups is 1. The zero-order chi connectivity index (χ0) is 19.2. The van der Waals surface area contributed by atoms with Crippen LogP contribution in [-0.2, 0) is 17.8 Å². The minimum atomic E-state index is 0.238. The predicted octanol–water partition coefficient (Wildman–Crippen LogP) is 4.38. The maximum Gasteiger partial charge on any atom is 0.227 e. The summed E-state index contributed by atoms with van der Waals surface area (Å²) in [5, 5.41) is 0. The van der Waals surface area contributed by atoms with E-state index in [-0.39, 0.29) is 5.91 Å². The van der Waals surface area contributed by atoms with Gasteiger partial charge in [0.05, 0.1) is 6.42 Å². The lowest BCUT2D eigenvalue weighted by atomic mass is 10.0. The molecular formula is C23H30N2OS. The van der Waals surface area contributed by atoms with Gasteiger partial charge in [-0.25, -0.2) is 0 Å². The Hall–Kier alpha value is -1.78. The van der Waals surface area contributed by atoms with E-state index in [2.05, 4.69) is 78.6 Å². The molecule has 1 heterocycles. The summed E-state index contributed by atoms with van der Waals surface area (Å²) in [6, 6.07) is 17.3. The summed E-state index contributed by atoms with van der Waals surface area (Å²) < 4.78 is 0. The van der Waals surface area contributed by atoms with Gasteiger partial charge in [-0.15, -0.1) is 11.8 Å². The summed E-state index contributed by atoms with van der Waals surface area (Å²) >= 11 is 1.73. The van der Waals surface area contributed by atoms with E-state index in [9.17, 15) is 4.79 Å². The van der Waals surface area contributed by atoms with Gasteiger partial charge >= 0.3 is 0 Å². The van der Waals surface area contributed by atoms with Crippen molar-refractivity contribution in [2.24, 2.45) is 0 Å². The number of nitrogens with zero attached hydrogens (tertiary/aromatic N) is 2. The Bertz CT molecular complexity index is 734. The molecule has 144 valence electrons. The predicted molar refractivity (Wildman–Crippen MR) is 114 cm³/mol. The number of carbonyl (C=O) groups excluding carboxylic acids is 1. The Labute approximate surface area is 167 Å². The van der Waals surface area contributed by atoms with Gasteiger partial charge in [0.25, 0.3) is 0 Å². The second kappa shape index (κ2) is 9.43. The average molecular weight is 383 g/mol. The molecule has 1 fully saturated rings. The van der Waals surface area contributed by atoms with Crippen molar-refractivity contribution in [2.75, 3.05) is 26.4 Å². The quantitative estimate of drug-likeness (QED) is 0.693. The first-order valence-electron chi connectivity index (χ1n) is 9.71. The lowest BCUT2D eigenvalue weighted by Crippen LogP contribution is -2.46. The monoisotopic (exact) mass is 382 g/mol. The van der Waals surface area contributed by atoms with Crippen LogP contribution >= 0.6 is 11.8 Å². The van der Waals surface area contributed by atoms with E-state index in [0.717, 1.165) is 31.5 Å². The van der Waals surface area contributed by atoms with Crippen LogP contribution in [0.1, 0.15) is 29.5 Å². The van der Waals surface area contributed by atoms with Crippen molar-refractivity contribution in [3.8, 4) is 0 Å². The van der Waals surface area contributed by atoms with Gasteiger partial charge in [-0.05, 0) is 69.4 Å². The lowest BCUT2D eigenvalue weighted by Gasteiger charge is -2.37. The fourth-order valence-corrected chi connectivity index (χ4v) is 4.05. The van der Waals surface area contributed by atoms with Crippen LogP contribution < -0.4 is 0 Å². The SMILES string of the molecule is CSc1ccc(CC(=O)N(Cc2ccc(C)cc2)C2CCN(C)CC2)cc1. The first-order chi connectivity index (χ1) is 13.0. The summed E-state index contributed by atoms with van der Waals surface area (Å²) in [5.74, 6) is 0.238. The normalized spacial score (nSPS) is 15.7. The third-order valence-electron chi connectivity index (χ3n) is 5.44. The summed E-state index contributed by atoms with van der Waals surface area (Å²) in [6.45, 7) is 4.92. The van der Waals surface area contributed by atoms with E-state index in [1.807, 2.05) is 0 Å². The molecule has 2 aromatic rings. The van der Waals surface area contributed by atoms with Crippen LogP contribution in [0.3, 0.4) is 0 Å². The second-order valence-corrected chi connectivity index (χ2v) is 8.45. The third kappa shape index (κ3) is 5.60. The molecule has 0 saturated carbocycles. The van der Waals surface area contributed by atoms with E-state index < -0.39 is 0 Å². The van der Waals surface area contributed by atoms with Gasteiger partial charge in [0.1, 0.15) is 0 Å². The molecule has 0 bridgehead atoms.